The molecule has 1 fully saturated rings. The van der Waals surface area contributed by atoms with Crippen molar-refractivity contribution < 1.29 is 4.79 Å². The van der Waals surface area contributed by atoms with Crippen LogP contribution in [0.3, 0.4) is 0 Å². The van der Waals surface area contributed by atoms with E-state index in [0.29, 0.717) is 17.1 Å². The highest BCUT2D eigenvalue weighted by atomic mass is 35.5. The highest BCUT2D eigenvalue weighted by Gasteiger charge is 2.25. The Morgan fingerprint density at radius 1 is 1.10 bits per heavy atom. The van der Waals surface area contributed by atoms with Crippen molar-refractivity contribution in [2.45, 2.75) is 33.6 Å². The maximum absolute atomic E-state index is 13.3. The van der Waals surface area contributed by atoms with Crippen molar-refractivity contribution in [1.82, 2.24) is 14.9 Å². The van der Waals surface area contributed by atoms with Crippen LogP contribution in [0.2, 0.25) is 0 Å². The average Bonchev–Trinajstić information content (AvgIpc) is 2.69. The summed E-state index contributed by atoms with van der Waals surface area (Å²) in [5.41, 5.74) is 5.06. The van der Waals surface area contributed by atoms with Crippen molar-refractivity contribution in [3.05, 3.63) is 59.4 Å². The zero-order valence-electron chi connectivity index (χ0n) is 17.1. The topological polar surface area (TPSA) is 58.1 Å². The van der Waals surface area contributed by atoms with Gasteiger partial charge < -0.3 is 10.2 Å². The van der Waals surface area contributed by atoms with Gasteiger partial charge in [-0.2, -0.15) is 0 Å². The molecule has 29 heavy (non-hydrogen) atoms. The number of benzene rings is 1. The number of piperidine rings is 1. The van der Waals surface area contributed by atoms with Gasteiger partial charge in [0, 0.05) is 36.1 Å². The molecule has 0 bridgehead atoms. The lowest BCUT2D eigenvalue weighted by Crippen LogP contribution is -2.38. The van der Waals surface area contributed by atoms with Gasteiger partial charge in [-0.05, 0) is 56.4 Å². The van der Waals surface area contributed by atoms with Crippen LogP contribution < -0.4 is 5.32 Å². The summed E-state index contributed by atoms with van der Waals surface area (Å²) in [5, 5.41) is 4.37. The third-order valence-corrected chi connectivity index (χ3v) is 5.57. The molecule has 1 saturated heterocycles. The number of aryl methyl sites for hydroxylation is 2. The fourth-order valence-electron chi connectivity index (χ4n) is 3.70. The highest BCUT2D eigenvalue weighted by Crippen LogP contribution is 2.31. The van der Waals surface area contributed by atoms with Gasteiger partial charge in [-0.1, -0.05) is 25.1 Å². The lowest BCUT2D eigenvalue weighted by molar-refractivity contribution is 0.0698. The van der Waals surface area contributed by atoms with E-state index in [0.717, 1.165) is 53.9 Å². The molecule has 3 heterocycles. The van der Waals surface area contributed by atoms with Crippen LogP contribution in [0.15, 0.2) is 42.6 Å². The summed E-state index contributed by atoms with van der Waals surface area (Å²) < 4.78 is 0. The molecule has 0 unspecified atom stereocenters. The quantitative estimate of drug-likeness (QED) is 0.637. The molecule has 1 amide bonds. The minimum Gasteiger partial charge on any atom is -0.354 e. The normalized spacial score (nSPS) is 14.5. The monoisotopic (exact) mass is 410 g/mol. The first kappa shape index (κ1) is 21.1. The number of pyridine rings is 2. The molecule has 4 rings (SSSR count). The van der Waals surface area contributed by atoms with Crippen LogP contribution in [0.5, 0.6) is 0 Å². The van der Waals surface area contributed by atoms with Crippen molar-refractivity contribution in [3.8, 4) is 0 Å². The van der Waals surface area contributed by atoms with Gasteiger partial charge in [0.2, 0.25) is 0 Å². The third-order valence-electron chi connectivity index (χ3n) is 5.57. The zero-order chi connectivity index (χ0) is 19.7. The predicted octanol–water partition coefficient (Wildman–Crippen LogP) is 5.28. The molecule has 0 aliphatic carbocycles. The van der Waals surface area contributed by atoms with Crippen molar-refractivity contribution in [2.75, 3.05) is 18.4 Å². The largest absolute Gasteiger partial charge is 0.354 e. The molecule has 0 atom stereocenters. The van der Waals surface area contributed by atoms with Crippen LogP contribution >= 0.6 is 12.4 Å². The Morgan fingerprint density at radius 2 is 1.83 bits per heavy atom. The third kappa shape index (κ3) is 4.35. The van der Waals surface area contributed by atoms with Crippen LogP contribution in [-0.2, 0) is 0 Å². The van der Waals surface area contributed by atoms with Crippen LogP contribution in [-0.4, -0.2) is 33.9 Å². The van der Waals surface area contributed by atoms with Gasteiger partial charge in [0.05, 0.1) is 11.3 Å². The highest BCUT2D eigenvalue weighted by molar-refractivity contribution is 6.07. The van der Waals surface area contributed by atoms with Crippen LogP contribution in [0.4, 0.5) is 11.4 Å². The first-order valence-corrected chi connectivity index (χ1v) is 9.91. The van der Waals surface area contributed by atoms with E-state index in [2.05, 4.69) is 35.2 Å². The smallest absolute Gasteiger partial charge is 0.257 e. The Hall–Kier alpha value is -2.66. The molecule has 0 radical (unpaired) electrons. The standard InChI is InChI=1S/C23H26N4O.ClH/c1-15-10-12-27(13-11-15)23(28)19-14-24-22-18(9-8-17(3)25-22)21(19)26-20-7-5-4-6-16(20)2;/h4-9,14-15H,10-13H2,1-3H3,(H,24,25,26);1H. The van der Waals surface area contributed by atoms with Gasteiger partial charge in [-0.3, -0.25) is 4.79 Å². The lowest BCUT2D eigenvalue weighted by Gasteiger charge is -2.31. The number of hydrogen-bond acceptors (Lipinski definition) is 4. The van der Waals surface area contributed by atoms with Crippen LogP contribution in [0.25, 0.3) is 11.0 Å². The fourth-order valence-corrected chi connectivity index (χ4v) is 3.70. The Bertz CT molecular complexity index is 1030. The van der Waals surface area contributed by atoms with Gasteiger partial charge in [-0.25, -0.2) is 9.97 Å². The summed E-state index contributed by atoms with van der Waals surface area (Å²) in [4.78, 5) is 24.3. The number of amides is 1. The molecule has 1 aliphatic heterocycles. The van der Waals surface area contributed by atoms with E-state index in [-0.39, 0.29) is 18.3 Å². The van der Waals surface area contributed by atoms with Gasteiger partial charge in [0.25, 0.3) is 5.91 Å². The zero-order valence-corrected chi connectivity index (χ0v) is 17.9. The van der Waals surface area contributed by atoms with Crippen LogP contribution in [0, 0.1) is 19.8 Å². The van der Waals surface area contributed by atoms with E-state index in [1.165, 1.54) is 0 Å². The van der Waals surface area contributed by atoms with Crippen molar-refractivity contribution in [1.29, 1.82) is 0 Å². The second-order valence-corrected chi connectivity index (χ2v) is 7.79. The van der Waals surface area contributed by atoms with E-state index >= 15 is 0 Å². The summed E-state index contributed by atoms with van der Waals surface area (Å²) in [5.74, 6) is 0.716. The number of rotatable bonds is 3. The number of nitrogens with zero attached hydrogens (tertiary/aromatic N) is 3. The van der Waals surface area contributed by atoms with Crippen molar-refractivity contribution >= 4 is 40.7 Å². The number of halogens is 1. The molecule has 6 heteroatoms. The number of para-hydroxylation sites is 1. The molecule has 1 aromatic carbocycles. The summed E-state index contributed by atoms with van der Waals surface area (Å²) in [6, 6.07) is 12.1. The molecule has 152 valence electrons. The van der Waals surface area contributed by atoms with Gasteiger partial charge in [0.1, 0.15) is 0 Å². The first-order chi connectivity index (χ1) is 13.5. The molecule has 5 nitrogen and oxygen atoms in total. The SMILES string of the molecule is Cc1ccc2c(Nc3ccccc3C)c(C(=O)N3CCC(C)CC3)cnc2n1.Cl. The minimum absolute atomic E-state index is 0. The van der Waals surface area contributed by atoms with Gasteiger partial charge >= 0.3 is 0 Å². The van der Waals surface area contributed by atoms with Gasteiger partial charge in [-0.15, -0.1) is 12.4 Å². The van der Waals surface area contributed by atoms with E-state index in [9.17, 15) is 4.79 Å². The molecule has 0 saturated carbocycles. The van der Waals surface area contributed by atoms with Gasteiger partial charge in [0.15, 0.2) is 5.65 Å². The Labute approximate surface area is 178 Å². The fraction of sp³-hybridized carbons (Fsp3) is 0.348. The predicted molar refractivity (Wildman–Crippen MR) is 120 cm³/mol. The maximum Gasteiger partial charge on any atom is 0.257 e. The second-order valence-electron chi connectivity index (χ2n) is 7.79. The van der Waals surface area contributed by atoms with Crippen molar-refractivity contribution in [2.24, 2.45) is 5.92 Å². The Balaban J connectivity index is 0.00000240. The molecule has 0 spiro atoms. The molecule has 1 N–H and O–H groups in total. The Morgan fingerprint density at radius 3 is 2.55 bits per heavy atom. The Kier molecular flexibility index (Phi) is 6.38. The second kappa shape index (κ2) is 8.78. The summed E-state index contributed by atoms with van der Waals surface area (Å²) in [6.45, 7) is 7.85. The number of likely N-dealkylation sites (tertiary alicyclic amines) is 1. The number of carbonyl (C=O) groups excluding carboxylic acids is 1. The van der Waals surface area contributed by atoms with E-state index < -0.39 is 0 Å². The number of nitrogens with one attached hydrogen (secondary N) is 1. The first-order valence-electron chi connectivity index (χ1n) is 9.91. The van der Waals surface area contributed by atoms with Crippen LogP contribution in [0.1, 0.15) is 41.4 Å². The lowest BCUT2D eigenvalue weighted by atomic mass is 9.98. The number of aromatic nitrogens is 2. The van der Waals surface area contributed by atoms with E-state index in [4.69, 9.17) is 0 Å². The number of anilines is 2. The average molecular weight is 411 g/mol. The van der Waals surface area contributed by atoms with Crippen molar-refractivity contribution in [3.63, 3.8) is 0 Å². The molecular formula is C23H27ClN4O. The summed E-state index contributed by atoms with van der Waals surface area (Å²) in [6.07, 6.45) is 3.78. The number of hydrogen-bond donors (Lipinski definition) is 1. The summed E-state index contributed by atoms with van der Waals surface area (Å²) >= 11 is 0. The molecule has 1 aliphatic rings. The number of fused-ring (bicyclic) bond motifs is 1. The molecular weight excluding hydrogens is 384 g/mol. The maximum atomic E-state index is 13.3. The summed E-state index contributed by atoms with van der Waals surface area (Å²) in [7, 11) is 0. The molecule has 3 aromatic rings. The minimum atomic E-state index is 0. The molecule has 2 aromatic heterocycles. The van der Waals surface area contributed by atoms with E-state index in [1.54, 1.807) is 6.20 Å². The van der Waals surface area contributed by atoms with E-state index in [1.807, 2.05) is 42.2 Å². The number of carbonyl (C=O) groups is 1.